The Morgan fingerprint density at radius 3 is 2.48 bits per heavy atom. The Morgan fingerprint density at radius 1 is 1.14 bits per heavy atom. The van der Waals surface area contributed by atoms with Crippen molar-refractivity contribution in [1.82, 2.24) is 4.90 Å². The highest BCUT2D eigenvalue weighted by atomic mass is 32.1. The van der Waals surface area contributed by atoms with Gasteiger partial charge in [-0.25, -0.2) is 0 Å². The molecule has 1 aliphatic carbocycles. The van der Waals surface area contributed by atoms with E-state index in [1.54, 1.807) is 22.4 Å². The zero-order valence-corrected chi connectivity index (χ0v) is 12.9. The van der Waals surface area contributed by atoms with Crippen LogP contribution in [0.25, 0.3) is 10.1 Å². The summed E-state index contributed by atoms with van der Waals surface area (Å²) in [4.78, 5) is 26.3. The first-order valence-electron chi connectivity index (χ1n) is 6.97. The van der Waals surface area contributed by atoms with Gasteiger partial charge in [-0.15, -0.1) is 11.3 Å². The molecule has 3 rings (SSSR count). The standard InChI is InChI=1S/C17H17NO2S/c1-18(2)9-13-15(19)7-11(8-16(13)20)14-10-21-17-6-4-3-5-12(14)17/h3-6,9-11H,7-8H2,1-2H3. The topological polar surface area (TPSA) is 37.4 Å². The molecule has 1 aromatic carbocycles. The molecule has 0 saturated heterocycles. The normalized spacial score (nSPS) is 19.1. The summed E-state index contributed by atoms with van der Waals surface area (Å²) in [5, 5.41) is 3.27. The van der Waals surface area contributed by atoms with E-state index in [0.29, 0.717) is 18.4 Å². The number of carbonyl (C=O) groups is 2. The van der Waals surface area contributed by atoms with Gasteiger partial charge in [0.1, 0.15) is 0 Å². The van der Waals surface area contributed by atoms with Gasteiger partial charge in [-0.05, 0) is 28.3 Å². The number of Topliss-reactive ketones (excluding diaryl/α,β-unsaturated/α-hetero) is 2. The molecular weight excluding hydrogens is 282 g/mol. The van der Waals surface area contributed by atoms with Gasteiger partial charge < -0.3 is 4.90 Å². The van der Waals surface area contributed by atoms with Crippen molar-refractivity contribution in [1.29, 1.82) is 0 Å². The van der Waals surface area contributed by atoms with Gasteiger partial charge >= 0.3 is 0 Å². The van der Waals surface area contributed by atoms with Crippen LogP contribution in [0.2, 0.25) is 0 Å². The quantitative estimate of drug-likeness (QED) is 0.630. The molecule has 0 amide bonds. The lowest BCUT2D eigenvalue weighted by atomic mass is 9.80. The van der Waals surface area contributed by atoms with Crippen LogP contribution in [-0.4, -0.2) is 30.6 Å². The number of hydrogen-bond donors (Lipinski definition) is 0. The van der Waals surface area contributed by atoms with Crippen LogP contribution < -0.4 is 0 Å². The van der Waals surface area contributed by atoms with Crippen molar-refractivity contribution in [3.05, 3.63) is 47.0 Å². The fourth-order valence-electron chi connectivity index (χ4n) is 2.83. The Bertz CT molecular complexity index is 722. The summed E-state index contributed by atoms with van der Waals surface area (Å²) in [6.45, 7) is 0. The predicted molar refractivity (Wildman–Crippen MR) is 85.6 cm³/mol. The lowest BCUT2D eigenvalue weighted by Gasteiger charge is -2.22. The molecule has 3 nitrogen and oxygen atoms in total. The molecule has 0 aliphatic heterocycles. The molecule has 21 heavy (non-hydrogen) atoms. The first-order chi connectivity index (χ1) is 10.1. The average molecular weight is 299 g/mol. The Balaban J connectivity index is 1.93. The molecule has 1 fully saturated rings. The molecule has 4 heteroatoms. The van der Waals surface area contributed by atoms with E-state index in [2.05, 4.69) is 17.5 Å². The van der Waals surface area contributed by atoms with E-state index in [1.165, 1.54) is 10.1 Å². The van der Waals surface area contributed by atoms with E-state index in [9.17, 15) is 9.59 Å². The first-order valence-corrected chi connectivity index (χ1v) is 7.85. The van der Waals surface area contributed by atoms with Gasteiger partial charge in [0.05, 0.1) is 5.57 Å². The van der Waals surface area contributed by atoms with Gasteiger partial charge in [0, 0.05) is 37.8 Å². The minimum atomic E-state index is -0.0415. The number of nitrogens with zero attached hydrogens (tertiary/aromatic N) is 1. The summed E-state index contributed by atoms with van der Waals surface area (Å²) in [6, 6.07) is 8.16. The summed E-state index contributed by atoms with van der Waals surface area (Å²) >= 11 is 1.68. The third-order valence-electron chi connectivity index (χ3n) is 3.80. The van der Waals surface area contributed by atoms with E-state index < -0.39 is 0 Å². The van der Waals surface area contributed by atoms with Crippen molar-refractivity contribution >= 4 is 33.0 Å². The van der Waals surface area contributed by atoms with E-state index in [1.807, 2.05) is 26.2 Å². The maximum atomic E-state index is 12.3. The van der Waals surface area contributed by atoms with Crippen LogP contribution in [0.15, 0.2) is 41.4 Å². The molecule has 1 saturated carbocycles. The minimum Gasteiger partial charge on any atom is -0.383 e. The fourth-order valence-corrected chi connectivity index (χ4v) is 3.88. The zero-order valence-electron chi connectivity index (χ0n) is 12.1. The van der Waals surface area contributed by atoms with Gasteiger partial charge in [-0.2, -0.15) is 0 Å². The van der Waals surface area contributed by atoms with Gasteiger partial charge in [-0.1, -0.05) is 18.2 Å². The van der Waals surface area contributed by atoms with Crippen LogP contribution >= 0.6 is 11.3 Å². The first kappa shape index (κ1) is 14.0. The molecule has 1 aliphatic rings. The molecule has 108 valence electrons. The van der Waals surface area contributed by atoms with Crippen molar-refractivity contribution < 1.29 is 9.59 Å². The monoisotopic (exact) mass is 299 g/mol. The molecule has 0 radical (unpaired) electrons. The summed E-state index contributed by atoms with van der Waals surface area (Å²) in [5.74, 6) is -0.0686. The van der Waals surface area contributed by atoms with E-state index >= 15 is 0 Å². The molecule has 0 atom stereocenters. The summed E-state index contributed by atoms with van der Waals surface area (Å²) in [7, 11) is 3.65. The summed E-state index contributed by atoms with van der Waals surface area (Å²) in [6.07, 6.45) is 2.49. The van der Waals surface area contributed by atoms with Gasteiger partial charge in [0.2, 0.25) is 0 Å². The second-order valence-electron chi connectivity index (χ2n) is 5.65. The molecular formula is C17H17NO2S. The van der Waals surface area contributed by atoms with Crippen LogP contribution in [-0.2, 0) is 9.59 Å². The van der Waals surface area contributed by atoms with Crippen LogP contribution in [0.4, 0.5) is 0 Å². The van der Waals surface area contributed by atoms with E-state index in [-0.39, 0.29) is 17.5 Å². The highest BCUT2D eigenvalue weighted by Gasteiger charge is 2.32. The second-order valence-corrected chi connectivity index (χ2v) is 6.56. The maximum Gasteiger partial charge on any atom is 0.168 e. The Morgan fingerprint density at radius 2 is 1.81 bits per heavy atom. The molecule has 0 unspecified atom stereocenters. The summed E-state index contributed by atoms with van der Waals surface area (Å²) in [5.41, 5.74) is 1.48. The average Bonchev–Trinajstić information content (AvgIpc) is 2.86. The Hall–Kier alpha value is -1.94. The van der Waals surface area contributed by atoms with Crippen molar-refractivity contribution in [2.24, 2.45) is 0 Å². The number of thiophene rings is 1. The van der Waals surface area contributed by atoms with Crippen LogP contribution in [0.5, 0.6) is 0 Å². The maximum absolute atomic E-state index is 12.3. The van der Waals surface area contributed by atoms with Crippen LogP contribution in [0, 0.1) is 0 Å². The number of rotatable bonds is 2. The second kappa shape index (κ2) is 5.45. The van der Waals surface area contributed by atoms with Crippen LogP contribution in [0.1, 0.15) is 24.3 Å². The van der Waals surface area contributed by atoms with Gasteiger partial charge in [0.15, 0.2) is 11.6 Å². The largest absolute Gasteiger partial charge is 0.383 e. The van der Waals surface area contributed by atoms with E-state index in [0.717, 1.165) is 5.56 Å². The fraction of sp³-hybridized carbons (Fsp3) is 0.294. The lowest BCUT2D eigenvalue weighted by molar-refractivity contribution is -0.124. The Labute approximate surface area is 127 Å². The van der Waals surface area contributed by atoms with Crippen molar-refractivity contribution in [3.63, 3.8) is 0 Å². The third kappa shape index (κ3) is 2.63. The van der Waals surface area contributed by atoms with Gasteiger partial charge in [-0.3, -0.25) is 9.59 Å². The lowest BCUT2D eigenvalue weighted by Crippen LogP contribution is -2.26. The SMILES string of the molecule is CN(C)C=C1C(=O)CC(c2csc3ccccc23)CC1=O. The molecule has 1 heterocycles. The number of benzene rings is 1. The number of allylic oxidation sites excluding steroid dienone is 1. The molecule has 0 bridgehead atoms. The number of fused-ring (bicyclic) bond motifs is 1. The molecule has 0 N–H and O–H groups in total. The Kier molecular flexibility index (Phi) is 3.64. The smallest absolute Gasteiger partial charge is 0.168 e. The highest BCUT2D eigenvalue weighted by Crippen LogP contribution is 2.38. The highest BCUT2D eigenvalue weighted by molar-refractivity contribution is 7.17. The van der Waals surface area contributed by atoms with Gasteiger partial charge in [0.25, 0.3) is 0 Å². The summed E-state index contributed by atoms with van der Waals surface area (Å²) < 4.78 is 1.21. The van der Waals surface area contributed by atoms with E-state index in [4.69, 9.17) is 0 Å². The third-order valence-corrected chi connectivity index (χ3v) is 4.78. The predicted octanol–water partition coefficient (Wildman–Crippen LogP) is 3.36. The molecule has 1 aromatic heterocycles. The van der Waals surface area contributed by atoms with Crippen molar-refractivity contribution in [2.45, 2.75) is 18.8 Å². The number of ketones is 2. The van der Waals surface area contributed by atoms with Crippen molar-refractivity contribution in [2.75, 3.05) is 14.1 Å². The number of hydrogen-bond acceptors (Lipinski definition) is 4. The zero-order chi connectivity index (χ0) is 15.0. The van der Waals surface area contributed by atoms with Crippen molar-refractivity contribution in [3.8, 4) is 0 Å². The number of carbonyl (C=O) groups excluding carboxylic acids is 2. The molecule has 0 spiro atoms. The molecule has 2 aromatic rings. The van der Waals surface area contributed by atoms with Crippen LogP contribution in [0.3, 0.4) is 0 Å². The minimum absolute atomic E-state index is 0.0143.